The van der Waals surface area contributed by atoms with Crippen molar-refractivity contribution in [1.29, 1.82) is 0 Å². The molecule has 0 bridgehead atoms. The van der Waals surface area contributed by atoms with Gasteiger partial charge < -0.3 is 0 Å². The number of nitrogens with zero attached hydrogens (tertiary/aromatic N) is 3. The summed E-state index contributed by atoms with van der Waals surface area (Å²) in [6.45, 7) is 17.6. The van der Waals surface area contributed by atoms with Crippen LogP contribution in [0, 0.1) is 0 Å². The van der Waals surface area contributed by atoms with E-state index in [1.165, 1.54) is 83.1 Å². The average Bonchev–Trinajstić information content (AvgIpc) is 3.87. The molecule has 0 unspecified atom stereocenters. The van der Waals surface area contributed by atoms with E-state index in [1.54, 1.807) is 0 Å². The summed E-state index contributed by atoms with van der Waals surface area (Å²) in [7, 11) is 0. The lowest BCUT2D eigenvalue weighted by Crippen LogP contribution is -2.28. The molecule has 0 amide bonds. The number of fused-ring (bicyclic) bond motifs is 9. The maximum Gasteiger partial charge on any atom is 0.164 e. The second-order valence-corrected chi connectivity index (χ2v) is 18.8. The molecule has 0 saturated heterocycles. The van der Waals surface area contributed by atoms with Gasteiger partial charge in [-0.15, -0.1) is 0 Å². The highest BCUT2D eigenvalue weighted by Crippen LogP contribution is 2.57. The van der Waals surface area contributed by atoms with Crippen LogP contribution in [0.25, 0.3) is 72.8 Å². The topological polar surface area (TPSA) is 38.7 Å². The maximum absolute atomic E-state index is 5.43. The molecule has 1 heterocycles. The fraction of sp³-hybridized carbons (Fsp3) is 0.113. The molecule has 0 saturated carbocycles. The lowest BCUT2D eigenvalue weighted by Gasteiger charge is -2.34. The number of hydrogen-bond donors (Lipinski definition) is 0. The minimum atomic E-state index is -0.557. The molecule has 310 valence electrons. The summed E-state index contributed by atoms with van der Waals surface area (Å²) in [5.74, 6) is 1.90. The van der Waals surface area contributed by atoms with E-state index in [-0.39, 0.29) is 10.8 Å². The first-order valence-corrected chi connectivity index (χ1v) is 22.6. The molecule has 0 atom stereocenters. The standard InChI is InChI=1S/C62H47N3/c1-7-44-47-31-27-39(35-53(47)60(3,4)50(44)8-2)57-63-58(40-29-33-49-54(36-40)61(5,6)52-34-30-38-19-15-16-24-45(38)56(49)52)65-59(64-57)41-28-32-48-46-25-17-18-26-51(46)62(55(48)37-41,42-20-11-9-12-21-42)43-22-13-10-14-23-43/h7-37H,1-2H2,3-6H3. The largest absolute Gasteiger partial charge is 0.208 e. The summed E-state index contributed by atoms with van der Waals surface area (Å²) in [5.41, 5.74) is 19.0. The third-order valence-corrected chi connectivity index (χ3v) is 14.8. The first kappa shape index (κ1) is 38.9. The lowest BCUT2D eigenvalue weighted by molar-refractivity contribution is 0.654. The summed E-state index contributed by atoms with van der Waals surface area (Å²) in [5, 5.41) is 2.53. The first-order chi connectivity index (χ1) is 31.6. The van der Waals surface area contributed by atoms with Crippen LogP contribution in [-0.2, 0) is 16.2 Å². The lowest BCUT2D eigenvalue weighted by atomic mass is 9.67. The Morgan fingerprint density at radius 1 is 0.400 bits per heavy atom. The Morgan fingerprint density at radius 3 is 1.52 bits per heavy atom. The van der Waals surface area contributed by atoms with Crippen LogP contribution in [-0.4, -0.2) is 15.0 Å². The summed E-state index contributed by atoms with van der Waals surface area (Å²) in [4.78, 5) is 16.2. The van der Waals surface area contributed by atoms with Crippen molar-refractivity contribution >= 4 is 16.3 Å². The second kappa shape index (κ2) is 14.1. The molecule has 0 aliphatic heterocycles. The van der Waals surface area contributed by atoms with Crippen LogP contribution in [0.2, 0.25) is 0 Å². The van der Waals surface area contributed by atoms with Crippen LogP contribution in [0.1, 0.15) is 72.2 Å². The number of allylic oxidation sites excluding steroid dienone is 4. The molecule has 3 nitrogen and oxygen atoms in total. The zero-order valence-electron chi connectivity index (χ0n) is 37.2. The van der Waals surface area contributed by atoms with Crippen LogP contribution in [0.4, 0.5) is 0 Å². The van der Waals surface area contributed by atoms with E-state index < -0.39 is 5.41 Å². The smallest absolute Gasteiger partial charge is 0.164 e. The molecule has 0 fully saturated rings. The van der Waals surface area contributed by atoms with E-state index in [1.807, 2.05) is 12.2 Å². The molecule has 3 aliphatic carbocycles. The molecule has 3 aliphatic rings. The highest BCUT2D eigenvalue weighted by atomic mass is 15.0. The zero-order valence-corrected chi connectivity index (χ0v) is 37.2. The van der Waals surface area contributed by atoms with Crippen LogP contribution in [0.3, 0.4) is 0 Å². The van der Waals surface area contributed by atoms with Crippen LogP contribution >= 0.6 is 0 Å². The van der Waals surface area contributed by atoms with Gasteiger partial charge in [0.15, 0.2) is 17.5 Å². The number of hydrogen-bond acceptors (Lipinski definition) is 3. The van der Waals surface area contributed by atoms with E-state index in [2.05, 4.69) is 217 Å². The Balaban J connectivity index is 1.09. The predicted octanol–water partition coefficient (Wildman–Crippen LogP) is 15.1. The predicted molar refractivity (Wildman–Crippen MR) is 269 cm³/mol. The van der Waals surface area contributed by atoms with E-state index in [9.17, 15) is 0 Å². The monoisotopic (exact) mass is 833 g/mol. The van der Waals surface area contributed by atoms with Gasteiger partial charge in [0, 0.05) is 27.5 Å². The first-order valence-electron chi connectivity index (χ1n) is 22.6. The molecule has 65 heavy (non-hydrogen) atoms. The normalized spacial score (nSPS) is 15.5. The van der Waals surface area contributed by atoms with Crippen molar-refractivity contribution in [2.45, 2.75) is 43.9 Å². The quantitative estimate of drug-likeness (QED) is 0.161. The molecule has 1 aromatic heterocycles. The van der Waals surface area contributed by atoms with Crippen molar-refractivity contribution < 1.29 is 0 Å². The highest BCUT2D eigenvalue weighted by Gasteiger charge is 2.46. The van der Waals surface area contributed by atoms with Gasteiger partial charge in [0.1, 0.15) is 0 Å². The van der Waals surface area contributed by atoms with Crippen molar-refractivity contribution in [2.24, 2.45) is 0 Å². The van der Waals surface area contributed by atoms with Gasteiger partial charge in [0.05, 0.1) is 5.41 Å². The number of rotatable bonds is 7. The molecule has 0 radical (unpaired) electrons. The summed E-state index contributed by atoms with van der Waals surface area (Å²) in [6.07, 6.45) is 3.93. The van der Waals surface area contributed by atoms with Crippen LogP contribution < -0.4 is 0 Å². The Hall–Kier alpha value is -7.75. The molecular formula is C62H47N3. The minimum Gasteiger partial charge on any atom is -0.208 e. The maximum atomic E-state index is 5.43. The van der Waals surface area contributed by atoms with Gasteiger partial charge in [-0.1, -0.05) is 211 Å². The van der Waals surface area contributed by atoms with Gasteiger partial charge in [-0.05, 0) is 107 Å². The molecule has 8 aromatic carbocycles. The fourth-order valence-electron chi connectivity index (χ4n) is 11.6. The summed E-state index contributed by atoms with van der Waals surface area (Å²) < 4.78 is 0. The zero-order chi connectivity index (χ0) is 44.2. The number of benzene rings is 8. The van der Waals surface area contributed by atoms with Gasteiger partial charge in [-0.3, -0.25) is 0 Å². The Bertz CT molecular complexity index is 3480. The minimum absolute atomic E-state index is 0.221. The van der Waals surface area contributed by atoms with Crippen molar-refractivity contribution in [2.75, 3.05) is 0 Å². The Morgan fingerprint density at radius 2 is 0.908 bits per heavy atom. The highest BCUT2D eigenvalue weighted by molar-refractivity contribution is 6.03. The molecule has 0 N–H and O–H groups in total. The van der Waals surface area contributed by atoms with Crippen molar-refractivity contribution in [1.82, 2.24) is 15.0 Å². The van der Waals surface area contributed by atoms with Crippen LogP contribution in [0.5, 0.6) is 0 Å². The van der Waals surface area contributed by atoms with Crippen molar-refractivity contribution in [3.05, 3.63) is 251 Å². The molecule has 3 heteroatoms. The van der Waals surface area contributed by atoms with E-state index in [4.69, 9.17) is 15.0 Å². The molecule has 9 aromatic rings. The van der Waals surface area contributed by atoms with Gasteiger partial charge in [0.25, 0.3) is 0 Å². The van der Waals surface area contributed by atoms with Crippen molar-refractivity contribution in [3.8, 4) is 56.4 Å². The van der Waals surface area contributed by atoms with Crippen LogP contribution in [0.15, 0.2) is 207 Å². The molecule has 0 spiro atoms. The summed E-state index contributed by atoms with van der Waals surface area (Å²) in [6, 6.07) is 64.2. The van der Waals surface area contributed by atoms with Gasteiger partial charge >= 0.3 is 0 Å². The van der Waals surface area contributed by atoms with Gasteiger partial charge in [-0.25, -0.2) is 15.0 Å². The van der Waals surface area contributed by atoms with E-state index in [0.29, 0.717) is 17.5 Å². The van der Waals surface area contributed by atoms with Gasteiger partial charge in [0.2, 0.25) is 0 Å². The Kier molecular flexibility index (Phi) is 8.45. The molecular weight excluding hydrogens is 787 g/mol. The third-order valence-electron chi connectivity index (χ3n) is 14.8. The SMILES string of the molecule is C=CC1=C(C=C)C(C)(C)c2cc(-c3nc(-c4ccc5c(c4)C(C)(C)c4ccc6ccccc6c4-5)nc(-c4ccc5c(c4)C(c4ccccc4)(c4ccccc4)c4ccccc4-5)n3)ccc21. The fourth-order valence-corrected chi connectivity index (χ4v) is 11.6. The second-order valence-electron chi connectivity index (χ2n) is 18.8. The van der Waals surface area contributed by atoms with E-state index in [0.717, 1.165) is 22.3 Å². The third kappa shape index (κ3) is 5.45. The summed E-state index contributed by atoms with van der Waals surface area (Å²) >= 11 is 0. The Labute approximate surface area is 381 Å². The van der Waals surface area contributed by atoms with Crippen molar-refractivity contribution in [3.63, 3.8) is 0 Å². The molecule has 12 rings (SSSR count). The van der Waals surface area contributed by atoms with E-state index >= 15 is 0 Å². The number of aromatic nitrogens is 3. The van der Waals surface area contributed by atoms with Gasteiger partial charge in [-0.2, -0.15) is 0 Å². The average molecular weight is 834 g/mol.